The zero-order chi connectivity index (χ0) is 23.1. The van der Waals surface area contributed by atoms with Gasteiger partial charge in [-0.05, 0) is 107 Å². The number of benzene rings is 2. The van der Waals surface area contributed by atoms with E-state index in [1.165, 1.54) is 64.7 Å². The Balaban J connectivity index is 1.18. The Morgan fingerprint density at radius 1 is 0.853 bits per heavy atom. The number of allylic oxidation sites excluding steroid dienone is 9. The van der Waals surface area contributed by atoms with Crippen molar-refractivity contribution in [2.45, 2.75) is 58.3 Å². The first-order chi connectivity index (χ1) is 16.7. The van der Waals surface area contributed by atoms with Crippen LogP contribution in [0, 0.1) is 17.8 Å². The van der Waals surface area contributed by atoms with Crippen LogP contribution in [0.1, 0.15) is 73.3 Å². The standard InChI is InChI=1S/C34H36/c1-23(2)25-13-15-28(16-14-25)27-11-9-24(10-12-27)21-30-19-20-33(34-8-4-7-32(30)34)31-18-17-26-5-3-6-29(26)22-31/h3-4,6-12,17-20,22-23,25,28,34H,5,13-16,21H2,1-2H3. The Hall–Kier alpha value is -2.86. The normalized spacial score (nSPS) is 25.1. The Labute approximate surface area is 205 Å². The van der Waals surface area contributed by atoms with Gasteiger partial charge in [0.05, 0.1) is 0 Å². The average Bonchev–Trinajstić information content (AvgIpc) is 3.54. The predicted molar refractivity (Wildman–Crippen MR) is 146 cm³/mol. The summed E-state index contributed by atoms with van der Waals surface area (Å²) in [5, 5.41) is 0. The topological polar surface area (TPSA) is 0 Å². The summed E-state index contributed by atoms with van der Waals surface area (Å²) in [6.07, 6.45) is 23.8. The van der Waals surface area contributed by atoms with E-state index in [9.17, 15) is 0 Å². The van der Waals surface area contributed by atoms with Crippen LogP contribution in [0.15, 0.2) is 90.1 Å². The van der Waals surface area contributed by atoms with Gasteiger partial charge in [-0.3, -0.25) is 0 Å². The summed E-state index contributed by atoms with van der Waals surface area (Å²) in [5.74, 6) is 2.92. The highest BCUT2D eigenvalue weighted by atomic mass is 14.3. The van der Waals surface area contributed by atoms with Crippen molar-refractivity contribution < 1.29 is 0 Å². The maximum Gasteiger partial charge on any atom is 0.0281 e. The van der Waals surface area contributed by atoms with E-state index in [0.717, 1.165) is 30.6 Å². The van der Waals surface area contributed by atoms with Crippen molar-refractivity contribution in [3.8, 4) is 0 Å². The predicted octanol–water partition coefficient (Wildman–Crippen LogP) is 8.86. The maximum absolute atomic E-state index is 2.41. The zero-order valence-corrected chi connectivity index (χ0v) is 20.6. The summed E-state index contributed by atoms with van der Waals surface area (Å²) in [5.41, 5.74) is 11.5. The van der Waals surface area contributed by atoms with Crippen LogP contribution in [-0.4, -0.2) is 0 Å². The molecule has 2 aromatic carbocycles. The minimum atomic E-state index is 0.388. The Kier molecular flexibility index (Phi) is 5.77. The van der Waals surface area contributed by atoms with Crippen LogP contribution in [0.5, 0.6) is 0 Å². The molecule has 0 N–H and O–H groups in total. The Morgan fingerprint density at radius 3 is 2.47 bits per heavy atom. The molecule has 0 aliphatic heterocycles. The lowest BCUT2D eigenvalue weighted by atomic mass is 9.74. The molecule has 1 saturated carbocycles. The van der Waals surface area contributed by atoms with Crippen molar-refractivity contribution >= 4 is 11.6 Å². The number of hydrogen-bond donors (Lipinski definition) is 0. The van der Waals surface area contributed by atoms with Crippen molar-refractivity contribution in [1.29, 1.82) is 0 Å². The Bertz CT molecular complexity index is 1220. The second-order valence-electron chi connectivity index (χ2n) is 11.1. The van der Waals surface area contributed by atoms with E-state index >= 15 is 0 Å². The molecule has 0 spiro atoms. The molecule has 0 bridgehead atoms. The molecule has 2 aromatic rings. The third-order valence-electron chi connectivity index (χ3n) is 8.76. The van der Waals surface area contributed by atoms with Crippen LogP contribution in [0.4, 0.5) is 0 Å². The third-order valence-corrected chi connectivity index (χ3v) is 8.76. The quantitative estimate of drug-likeness (QED) is 0.432. The van der Waals surface area contributed by atoms with Gasteiger partial charge in [0.25, 0.3) is 0 Å². The van der Waals surface area contributed by atoms with Crippen LogP contribution in [0.25, 0.3) is 11.6 Å². The largest absolute Gasteiger partial charge is 0.0795 e. The summed E-state index contributed by atoms with van der Waals surface area (Å²) < 4.78 is 0. The molecule has 1 atom stereocenters. The molecule has 0 saturated heterocycles. The summed E-state index contributed by atoms with van der Waals surface area (Å²) in [7, 11) is 0. The van der Waals surface area contributed by atoms with Gasteiger partial charge in [0, 0.05) is 5.92 Å². The molecule has 0 heteroatoms. The minimum Gasteiger partial charge on any atom is -0.0795 e. The second-order valence-corrected chi connectivity index (χ2v) is 11.1. The van der Waals surface area contributed by atoms with Gasteiger partial charge in [-0.2, -0.15) is 0 Å². The first kappa shape index (κ1) is 21.7. The minimum absolute atomic E-state index is 0.388. The molecule has 0 radical (unpaired) electrons. The van der Waals surface area contributed by atoms with Gasteiger partial charge >= 0.3 is 0 Å². The molecule has 1 fully saturated rings. The molecular weight excluding hydrogens is 408 g/mol. The molecular formula is C34H36. The second kappa shape index (κ2) is 9.06. The Morgan fingerprint density at radius 2 is 1.68 bits per heavy atom. The monoisotopic (exact) mass is 444 g/mol. The highest BCUT2D eigenvalue weighted by molar-refractivity contribution is 5.80. The van der Waals surface area contributed by atoms with Gasteiger partial charge in [0.15, 0.2) is 0 Å². The molecule has 0 heterocycles. The molecule has 1 unspecified atom stereocenters. The van der Waals surface area contributed by atoms with E-state index in [1.54, 1.807) is 5.56 Å². The lowest BCUT2D eigenvalue weighted by Crippen LogP contribution is -2.17. The van der Waals surface area contributed by atoms with Crippen LogP contribution in [0.2, 0.25) is 0 Å². The van der Waals surface area contributed by atoms with E-state index in [-0.39, 0.29) is 0 Å². The highest BCUT2D eigenvalue weighted by Gasteiger charge is 2.27. The first-order valence-corrected chi connectivity index (χ1v) is 13.3. The number of fused-ring (bicyclic) bond motifs is 2. The number of hydrogen-bond acceptors (Lipinski definition) is 0. The molecule has 6 rings (SSSR count). The molecule has 0 nitrogen and oxygen atoms in total. The van der Waals surface area contributed by atoms with E-state index in [2.05, 4.69) is 98.8 Å². The molecule has 172 valence electrons. The average molecular weight is 445 g/mol. The zero-order valence-electron chi connectivity index (χ0n) is 20.6. The van der Waals surface area contributed by atoms with Crippen LogP contribution < -0.4 is 0 Å². The van der Waals surface area contributed by atoms with Crippen molar-refractivity contribution in [2.24, 2.45) is 17.8 Å². The third kappa shape index (κ3) is 4.09. The lowest BCUT2D eigenvalue weighted by molar-refractivity contribution is 0.259. The SMILES string of the molecule is CC(C)C1CCC(c2ccc(CC3=CC=C(c4ccc5c(c4)C=CC5)C4C=CC=C34)cc2)CC1. The van der Waals surface area contributed by atoms with Gasteiger partial charge in [-0.15, -0.1) is 0 Å². The van der Waals surface area contributed by atoms with Gasteiger partial charge < -0.3 is 0 Å². The van der Waals surface area contributed by atoms with E-state index in [0.29, 0.717) is 5.92 Å². The molecule has 4 aliphatic carbocycles. The lowest BCUT2D eigenvalue weighted by Gasteiger charge is -2.31. The van der Waals surface area contributed by atoms with Crippen molar-refractivity contribution in [1.82, 2.24) is 0 Å². The van der Waals surface area contributed by atoms with E-state index in [1.807, 2.05) is 0 Å². The van der Waals surface area contributed by atoms with Crippen molar-refractivity contribution in [3.05, 3.63) is 118 Å². The number of rotatable bonds is 5. The molecule has 34 heavy (non-hydrogen) atoms. The van der Waals surface area contributed by atoms with Crippen LogP contribution in [-0.2, 0) is 12.8 Å². The summed E-state index contributed by atoms with van der Waals surface area (Å²) in [6, 6.07) is 16.6. The fourth-order valence-electron chi connectivity index (χ4n) is 6.56. The van der Waals surface area contributed by atoms with E-state index < -0.39 is 0 Å². The summed E-state index contributed by atoms with van der Waals surface area (Å²) in [4.78, 5) is 0. The summed E-state index contributed by atoms with van der Waals surface area (Å²) in [6.45, 7) is 4.78. The van der Waals surface area contributed by atoms with Gasteiger partial charge in [0.1, 0.15) is 0 Å². The van der Waals surface area contributed by atoms with Crippen LogP contribution >= 0.6 is 0 Å². The maximum atomic E-state index is 2.41. The van der Waals surface area contributed by atoms with Crippen molar-refractivity contribution in [2.75, 3.05) is 0 Å². The smallest absolute Gasteiger partial charge is 0.0281 e. The van der Waals surface area contributed by atoms with Gasteiger partial charge in [-0.25, -0.2) is 0 Å². The fourth-order valence-corrected chi connectivity index (χ4v) is 6.56. The van der Waals surface area contributed by atoms with Gasteiger partial charge in [0.2, 0.25) is 0 Å². The van der Waals surface area contributed by atoms with Crippen LogP contribution in [0.3, 0.4) is 0 Å². The first-order valence-electron chi connectivity index (χ1n) is 13.3. The van der Waals surface area contributed by atoms with Gasteiger partial charge in [-0.1, -0.05) is 92.8 Å². The molecule has 0 aromatic heterocycles. The fraction of sp³-hybridized carbons (Fsp3) is 0.353. The van der Waals surface area contributed by atoms with Crippen molar-refractivity contribution in [3.63, 3.8) is 0 Å². The van der Waals surface area contributed by atoms with E-state index in [4.69, 9.17) is 0 Å². The molecule has 4 aliphatic rings. The highest BCUT2D eigenvalue weighted by Crippen LogP contribution is 2.43. The molecule has 0 amide bonds. The summed E-state index contributed by atoms with van der Waals surface area (Å²) >= 11 is 0.